The molecule has 3 aromatic heterocycles. The van der Waals surface area contributed by atoms with Crippen molar-refractivity contribution in [3.05, 3.63) is 100 Å². The highest BCUT2D eigenvalue weighted by Gasteiger charge is 2.25. The van der Waals surface area contributed by atoms with Gasteiger partial charge in [-0.3, -0.25) is 4.90 Å². The zero-order chi connectivity index (χ0) is 31.6. The molecule has 0 unspecified atom stereocenters. The van der Waals surface area contributed by atoms with Crippen molar-refractivity contribution in [2.75, 3.05) is 13.1 Å². The first-order chi connectivity index (χ1) is 22.4. The van der Waals surface area contributed by atoms with E-state index < -0.39 is 11.8 Å². The van der Waals surface area contributed by atoms with E-state index in [0.717, 1.165) is 55.0 Å². The zero-order valence-corrected chi connectivity index (χ0v) is 26.8. The number of rotatable bonds is 12. The number of carboxylic acids is 1. The van der Waals surface area contributed by atoms with Gasteiger partial charge in [0.05, 0.1) is 47.4 Å². The van der Waals surface area contributed by atoms with Gasteiger partial charge in [0.15, 0.2) is 11.6 Å². The summed E-state index contributed by atoms with van der Waals surface area (Å²) in [5.41, 5.74) is 3.58. The molecule has 2 aliphatic rings. The molecule has 1 saturated heterocycles. The lowest BCUT2D eigenvalue weighted by Gasteiger charge is -2.31. The Labute approximate surface area is 273 Å². The van der Waals surface area contributed by atoms with Crippen LogP contribution in [-0.2, 0) is 26.2 Å². The predicted octanol–water partition coefficient (Wildman–Crippen LogP) is 6.31. The van der Waals surface area contributed by atoms with Crippen LogP contribution in [0.25, 0.3) is 11.0 Å². The first kappa shape index (κ1) is 30.4. The molecule has 1 aliphatic heterocycles. The van der Waals surface area contributed by atoms with E-state index in [1.54, 1.807) is 30.3 Å². The Bertz CT molecular complexity index is 1860. The summed E-state index contributed by atoms with van der Waals surface area (Å²) >= 11 is 3.25. The fourth-order valence-corrected chi connectivity index (χ4v) is 6.22. The van der Waals surface area contributed by atoms with E-state index in [9.17, 15) is 14.3 Å². The maximum absolute atomic E-state index is 14.1. The molecule has 10 nitrogen and oxygen atoms in total. The lowest BCUT2D eigenvalue weighted by atomic mass is 10.1. The van der Waals surface area contributed by atoms with Crippen molar-refractivity contribution < 1.29 is 23.8 Å². The van der Waals surface area contributed by atoms with Crippen LogP contribution >= 0.6 is 15.9 Å². The fraction of sp³-hybridized carbons (Fsp3) is 0.353. The number of halogens is 2. The van der Waals surface area contributed by atoms with Crippen molar-refractivity contribution in [2.45, 2.75) is 58.0 Å². The molecule has 238 valence electrons. The highest BCUT2D eigenvalue weighted by atomic mass is 79.9. The van der Waals surface area contributed by atoms with Crippen molar-refractivity contribution in [2.24, 2.45) is 5.92 Å². The van der Waals surface area contributed by atoms with Crippen LogP contribution in [-0.4, -0.2) is 59.3 Å². The molecule has 1 aliphatic carbocycles. The number of nitrogens with zero attached hydrogens (tertiary/aromatic N) is 6. The Morgan fingerprint density at radius 2 is 1.87 bits per heavy atom. The van der Waals surface area contributed by atoms with Gasteiger partial charge in [-0.2, -0.15) is 0 Å². The molecule has 0 atom stereocenters. The number of fused-ring (bicyclic) bond motifs is 1. The van der Waals surface area contributed by atoms with E-state index in [1.807, 2.05) is 30.7 Å². The standard InChI is InChI=1S/C34H34BrFN6O4/c35-24-7-9-31(28(36)15-24)45-20-25-2-1-3-33(38-25)46-27-10-12-40(13-11-27)19-32-39-29-8-6-23(34(43)44)14-30(29)42(32)18-26-16-37-21-41(26)17-22-4-5-22/h1-3,6-9,14-16,21-22,27H,4-5,10-13,17-20H2,(H,43,44). The fourth-order valence-electron chi connectivity index (χ4n) is 5.89. The number of carboxylic acid groups (broad SMARTS) is 1. The molecule has 2 aromatic carbocycles. The lowest BCUT2D eigenvalue weighted by molar-refractivity contribution is 0.0697. The van der Waals surface area contributed by atoms with Gasteiger partial charge in [-0.15, -0.1) is 0 Å². The third kappa shape index (κ3) is 7.07. The monoisotopic (exact) mass is 688 g/mol. The quantitative estimate of drug-likeness (QED) is 0.163. The van der Waals surface area contributed by atoms with Gasteiger partial charge in [0, 0.05) is 36.4 Å². The third-order valence-electron chi connectivity index (χ3n) is 8.58. The number of likely N-dealkylation sites (tertiary alicyclic amines) is 1. The third-order valence-corrected chi connectivity index (χ3v) is 9.08. The molecule has 1 saturated carbocycles. The van der Waals surface area contributed by atoms with Crippen LogP contribution in [0.5, 0.6) is 11.6 Å². The van der Waals surface area contributed by atoms with Crippen LogP contribution in [0.15, 0.2) is 71.6 Å². The summed E-state index contributed by atoms with van der Waals surface area (Å²) in [4.78, 5) is 28.1. The van der Waals surface area contributed by atoms with Crippen molar-refractivity contribution in [3.8, 4) is 11.6 Å². The highest BCUT2D eigenvalue weighted by molar-refractivity contribution is 9.10. The minimum atomic E-state index is -0.955. The van der Waals surface area contributed by atoms with Crippen molar-refractivity contribution in [3.63, 3.8) is 0 Å². The molecule has 2 fully saturated rings. The Hall–Kier alpha value is -4.29. The van der Waals surface area contributed by atoms with Crippen molar-refractivity contribution >= 4 is 32.9 Å². The van der Waals surface area contributed by atoms with Crippen LogP contribution in [0.2, 0.25) is 0 Å². The van der Waals surface area contributed by atoms with E-state index in [4.69, 9.17) is 14.5 Å². The molecule has 5 aromatic rings. The maximum atomic E-state index is 14.1. The Kier molecular flexibility index (Phi) is 8.72. The first-order valence-corrected chi connectivity index (χ1v) is 16.3. The summed E-state index contributed by atoms with van der Waals surface area (Å²) < 4.78 is 31.0. The predicted molar refractivity (Wildman–Crippen MR) is 172 cm³/mol. The Morgan fingerprint density at radius 3 is 2.65 bits per heavy atom. The van der Waals surface area contributed by atoms with Crippen LogP contribution in [0.1, 0.15) is 53.3 Å². The molecular formula is C34H34BrFN6O4. The van der Waals surface area contributed by atoms with E-state index >= 15 is 0 Å². The number of hydrogen-bond acceptors (Lipinski definition) is 7. The molecule has 0 spiro atoms. The smallest absolute Gasteiger partial charge is 0.335 e. The van der Waals surface area contributed by atoms with Crippen LogP contribution < -0.4 is 9.47 Å². The van der Waals surface area contributed by atoms with Crippen molar-refractivity contribution in [1.29, 1.82) is 0 Å². The van der Waals surface area contributed by atoms with Crippen LogP contribution in [0, 0.1) is 11.7 Å². The zero-order valence-electron chi connectivity index (χ0n) is 25.2. The minimum Gasteiger partial charge on any atom is -0.484 e. The number of aromatic nitrogens is 5. The summed E-state index contributed by atoms with van der Waals surface area (Å²) in [5.74, 6) is 0.907. The molecule has 12 heteroatoms. The number of pyridine rings is 1. The van der Waals surface area contributed by atoms with E-state index in [1.165, 1.54) is 18.9 Å². The second-order valence-electron chi connectivity index (χ2n) is 12.0. The van der Waals surface area contributed by atoms with E-state index in [0.29, 0.717) is 35.1 Å². The second-order valence-corrected chi connectivity index (χ2v) is 12.9. The number of piperidine rings is 1. The van der Waals surface area contributed by atoms with E-state index in [2.05, 4.69) is 39.9 Å². The number of hydrogen-bond donors (Lipinski definition) is 1. The van der Waals surface area contributed by atoms with Gasteiger partial charge in [0.2, 0.25) is 5.88 Å². The van der Waals surface area contributed by atoms with Gasteiger partial charge in [0.1, 0.15) is 18.5 Å². The topological polar surface area (TPSA) is 108 Å². The number of imidazole rings is 2. The average molecular weight is 690 g/mol. The molecular weight excluding hydrogens is 655 g/mol. The summed E-state index contributed by atoms with van der Waals surface area (Å²) in [7, 11) is 0. The number of benzene rings is 2. The molecule has 7 rings (SSSR count). The molecule has 0 bridgehead atoms. The summed E-state index contributed by atoms with van der Waals surface area (Å²) in [6, 6.07) is 15.3. The van der Waals surface area contributed by atoms with Gasteiger partial charge in [-0.1, -0.05) is 22.0 Å². The minimum absolute atomic E-state index is 0.0116. The van der Waals surface area contributed by atoms with Gasteiger partial charge < -0.3 is 23.7 Å². The van der Waals surface area contributed by atoms with Gasteiger partial charge in [0.25, 0.3) is 0 Å². The maximum Gasteiger partial charge on any atom is 0.335 e. The highest BCUT2D eigenvalue weighted by Crippen LogP contribution is 2.31. The summed E-state index contributed by atoms with van der Waals surface area (Å²) in [5, 5.41) is 9.66. The van der Waals surface area contributed by atoms with E-state index in [-0.39, 0.29) is 24.0 Å². The van der Waals surface area contributed by atoms with Gasteiger partial charge in [-0.05, 0) is 74.1 Å². The number of aromatic carboxylic acids is 1. The lowest BCUT2D eigenvalue weighted by Crippen LogP contribution is -2.38. The number of carbonyl (C=O) groups is 1. The molecule has 0 radical (unpaired) electrons. The summed E-state index contributed by atoms with van der Waals surface area (Å²) in [6.07, 6.45) is 7.95. The van der Waals surface area contributed by atoms with Crippen LogP contribution in [0.4, 0.5) is 4.39 Å². The second kappa shape index (κ2) is 13.2. The summed E-state index contributed by atoms with van der Waals surface area (Å²) in [6.45, 7) is 3.93. The Morgan fingerprint density at radius 1 is 1.02 bits per heavy atom. The molecule has 1 N–H and O–H groups in total. The van der Waals surface area contributed by atoms with Crippen molar-refractivity contribution in [1.82, 2.24) is 29.0 Å². The SMILES string of the molecule is O=C(O)c1ccc2nc(CN3CCC(Oc4cccc(COc5ccc(Br)cc5F)n4)CC3)n(Cc3cncn3CC3CC3)c2c1. The molecule has 4 heterocycles. The van der Waals surface area contributed by atoms with Gasteiger partial charge >= 0.3 is 5.97 Å². The number of ether oxygens (including phenoxy) is 2. The normalized spacial score (nSPS) is 15.8. The largest absolute Gasteiger partial charge is 0.484 e. The molecule has 0 amide bonds. The Balaban J connectivity index is 1.00. The molecule has 46 heavy (non-hydrogen) atoms. The van der Waals surface area contributed by atoms with Crippen LogP contribution in [0.3, 0.4) is 0 Å². The van der Waals surface area contributed by atoms with Gasteiger partial charge in [-0.25, -0.2) is 24.1 Å². The first-order valence-electron chi connectivity index (χ1n) is 15.5. The average Bonchev–Trinajstić information content (AvgIpc) is 3.66.